The molecule has 0 aromatic heterocycles. The van der Waals surface area contributed by atoms with Gasteiger partial charge in [0.2, 0.25) is 5.94 Å². The third kappa shape index (κ3) is 2.38. The fraction of sp³-hybridized carbons (Fsp3) is 0.571. The number of hydrogen-bond donors (Lipinski definition) is 2. The Morgan fingerprint density at radius 1 is 1.25 bits per heavy atom. The summed E-state index contributed by atoms with van der Waals surface area (Å²) in [6.07, 6.45) is 5.74. The van der Waals surface area contributed by atoms with Crippen LogP contribution in [-0.2, 0) is 15.4 Å². The van der Waals surface area contributed by atoms with E-state index in [0.717, 1.165) is 18.4 Å². The van der Waals surface area contributed by atoms with Crippen molar-refractivity contribution in [2.75, 3.05) is 17.2 Å². The van der Waals surface area contributed by atoms with Crippen molar-refractivity contribution in [1.82, 2.24) is 0 Å². The van der Waals surface area contributed by atoms with Crippen LogP contribution >= 0.6 is 0 Å². The molecule has 2 aliphatic rings. The van der Waals surface area contributed by atoms with E-state index in [4.69, 9.17) is 10.5 Å². The van der Waals surface area contributed by atoms with Gasteiger partial charge in [-0.25, -0.2) is 8.42 Å². The van der Waals surface area contributed by atoms with Gasteiger partial charge in [0, 0.05) is 12.0 Å². The Kier molecular flexibility index (Phi) is 3.38. The number of anilines is 1. The number of fused-ring (bicyclic) bond motifs is 1. The molecule has 0 bridgehead atoms. The Morgan fingerprint density at radius 3 is 2.70 bits per heavy atom. The van der Waals surface area contributed by atoms with Crippen LogP contribution < -0.4 is 15.2 Å². The molecule has 1 heterocycles. The van der Waals surface area contributed by atoms with Gasteiger partial charge in [-0.2, -0.15) is 0 Å². The largest absolute Gasteiger partial charge is 0.474 e. The molecule has 1 fully saturated rings. The van der Waals surface area contributed by atoms with E-state index in [0.29, 0.717) is 18.0 Å². The first kappa shape index (κ1) is 13.7. The smallest absolute Gasteiger partial charge is 0.268 e. The third-order valence-electron chi connectivity index (χ3n) is 4.43. The fourth-order valence-electron chi connectivity index (χ4n) is 3.24. The summed E-state index contributed by atoms with van der Waals surface area (Å²) >= 11 is 0. The van der Waals surface area contributed by atoms with E-state index in [1.165, 1.54) is 19.3 Å². The Labute approximate surface area is 119 Å². The Morgan fingerprint density at radius 2 is 2.00 bits per heavy atom. The lowest BCUT2D eigenvalue weighted by Gasteiger charge is -2.37. The summed E-state index contributed by atoms with van der Waals surface area (Å²) in [6, 6.07) is 5.76. The predicted molar refractivity (Wildman–Crippen MR) is 78.3 cm³/mol. The number of hydrogen-bond acceptors (Lipinski definition) is 4. The second kappa shape index (κ2) is 4.93. The topological polar surface area (TPSA) is 81.4 Å². The quantitative estimate of drug-likeness (QED) is 0.874. The van der Waals surface area contributed by atoms with Gasteiger partial charge in [0.25, 0.3) is 10.0 Å². The highest BCUT2D eigenvalue weighted by Crippen LogP contribution is 2.41. The van der Waals surface area contributed by atoms with E-state index in [1.807, 2.05) is 18.2 Å². The molecule has 0 atom stereocenters. The van der Waals surface area contributed by atoms with Crippen LogP contribution in [0.1, 0.15) is 37.7 Å². The van der Waals surface area contributed by atoms with Crippen molar-refractivity contribution in [3.05, 3.63) is 23.8 Å². The summed E-state index contributed by atoms with van der Waals surface area (Å²) in [6.45, 7) is 0.597. The number of sulfonamides is 1. The normalized spacial score (nSPS) is 23.2. The highest BCUT2D eigenvalue weighted by atomic mass is 32.2. The van der Waals surface area contributed by atoms with Crippen molar-refractivity contribution in [1.29, 1.82) is 0 Å². The van der Waals surface area contributed by atoms with Gasteiger partial charge in [-0.3, -0.25) is 4.72 Å². The second-order valence-corrected chi connectivity index (χ2v) is 7.40. The van der Waals surface area contributed by atoms with Gasteiger partial charge in [0.1, 0.15) is 5.75 Å². The number of rotatable bonds is 2. The molecule has 1 aliphatic carbocycles. The molecule has 0 unspecified atom stereocenters. The van der Waals surface area contributed by atoms with E-state index in [2.05, 4.69) is 4.72 Å². The lowest BCUT2D eigenvalue weighted by Crippen LogP contribution is -2.37. The molecule has 0 radical (unpaired) electrons. The molecule has 0 spiro atoms. The lowest BCUT2D eigenvalue weighted by molar-refractivity contribution is 0.300. The minimum atomic E-state index is -3.37. The van der Waals surface area contributed by atoms with Crippen LogP contribution in [0.3, 0.4) is 0 Å². The van der Waals surface area contributed by atoms with Gasteiger partial charge < -0.3 is 10.5 Å². The number of benzene rings is 1. The number of nitrogens with two attached hydrogens (primary N) is 1. The maximum Gasteiger partial charge on any atom is 0.268 e. The maximum atomic E-state index is 11.6. The van der Waals surface area contributed by atoms with Crippen LogP contribution in [0.4, 0.5) is 5.69 Å². The summed E-state index contributed by atoms with van der Waals surface area (Å²) in [4.78, 5) is 0. The predicted octanol–water partition coefficient (Wildman–Crippen LogP) is 1.94. The minimum Gasteiger partial charge on any atom is -0.474 e. The van der Waals surface area contributed by atoms with Crippen LogP contribution in [0.5, 0.6) is 5.75 Å². The molecule has 1 aliphatic heterocycles. The van der Waals surface area contributed by atoms with Crippen molar-refractivity contribution in [2.24, 2.45) is 5.73 Å². The first-order chi connectivity index (χ1) is 9.55. The molecule has 0 saturated heterocycles. The molecular weight excluding hydrogens is 276 g/mol. The van der Waals surface area contributed by atoms with Gasteiger partial charge in [0.15, 0.2) is 0 Å². The van der Waals surface area contributed by atoms with E-state index in [-0.39, 0.29) is 11.4 Å². The first-order valence-corrected chi connectivity index (χ1v) is 8.68. The SMILES string of the molecule is NCC1(c2ccc3c(c2)NS(=O)(=O)CO3)CCCCC1. The van der Waals surface area contributed by atoms with E-state index < -0.39 is 10.0 Å². The van der Waals surface area contributed by atoms with Crippen LogP contribution in [0, 0.1) is 0 Å². The van der Waals surface area contributed by atoms with Gasteiger partial charge in [-0.05, 0) is 30.5 Å². The highest BCUT2D eigenvalue weighted by Gasteiger charge is 2.33. The average molecular weight is 296 g/mol. The summed E-state index contributed by atoms with van der Waals surface area (Å²) < 4.78 is 31.0. The zero-order valence-electron chi connectivity index (χ0n) is 11.4. The zero-order chi connectivity index (χ0) is 14.2. The van der Waals surface area contributed by atoms with Gasteiger partial charge in [-0.1, -0.05) is 25.3 Å². The van der Waals surface area contributed by atoms with Gasteiger partial charge in [0.05, 0.1) is 5.69 Å². The monoisotopic (exact) mass is 296 g/mol. The Hall–Kier alpha value is -1.27. The van der Waals surface area contributed by atoms with Crippen LogP contribution in [0.25, 0.3) is 0 Å². The molecule has 20 heavy (non-hydrogen) atoms. The van der Waals surface area contributed by atoms with Crippen molar-refractivity contribution < 1.29 is 13.2 Å². The van der Waals surface area contributed by atoms with Crippen LogP contribution in [-0.4, -0.2) is 20.9 Å². The Bertz CT molecular complexity index is 607. The highest BCUT2D eigenvalue weighted by molar-refractivity contribution is 7.92. The van der Waals surface area contributed by atoms with Crippen LogP contribution in [0.2, 0.25) is 0 Å². The molecule has 3 N–H and O–H groups in total. The molecule has 6 heteroatoms. The van der Waals surface area contributed by atoms with Crippen molar-refractivity contribution in [3.63, 3.8) is 0 Å². The molecule has 110 valence electrons. The molecule has 1 saturated carbocycles. The molecule has 3 rings (SSSR count). The standard InChI is InChI=1S/C14H20N2O3S/c15-9-14(6-2-1-3-7-14)11-4-5-13-12(8-11)16-20(17,18)10-19-13/h4-5,8,16H,1-3,6-7,9-10,15H2. The fourth-order valence-corrected chi connectivity index (χ4v) is 4.08. The second-order valence-electron chi connectivity index (χ2n) is 5.74. The lowest BCUT2D eigenvalue weighted by atomic mass is 9.69. The summed E-state index contributed by atoms with van der Waals surface area (Å²) in [5.74, 6) is 0.271. The first-order valence-electron chi connectivity index (χ1n) is 7.03. The van der Waals surface area contributed by atoms with Crippen molar-refractivity contribution in [3.8, 4) is 5.75 Å². The minimum absolute atomic E-state index is 0.0177. The molecular formula is C14H20N2O3S. The zero-order valence-corrected chi connectivity index (χ0v) is 12.2. The number of ether oxygens (including phenoxy) is 1. The maximum absolute atomic E-state index is 11.6. The summed E-state index contributed by atoms with van der Waals surface area (Å²) in [7, 11) is -3.37. The van der Waals surface area contributed by atoms with E-state index >= 15 is 0 Å². The Balaban J connectivity index is 1.99. The van der Waals surface area contributed by atoms with E-state index in [1.54, 1.807) is 0 Å². The van der Waals surface area contributed by atoms with E-state index in [9.17, 15) is 8.42 Å². The summed E-state index contributed by atoms with van der Waals surface area (Å²) in [5.41, 5.74) is 7.66. The number of nitrogens with one attached hydrogen (secondary N) is 1. The molecule has 1 aromatic carbocycles. The molecule has 1 aromatic rings. The summed E-state index contributed by atoms with van der Waals surface area (Å²) in [5, 5.41) is 0. The molecule has 5 nitrogen and oxygen atoms in total. The average Bonchev–Trinajstić information content (AvgIpc) is 2.46. The van der Waals surface area contributed by atoms with Crippen molar-refractivity contribution in [2.45, 2.75) is 37.5 Å². The molecule has 0 amide bonds. The van der Waals surface area contributed by atoms with Gasteiger partial charge >= 0.3 is 0 Å². The van der Waals surface area contributed by atoms with Crippen molar-refractivity contribution >= 4 is 15.7 Å². The van der Waals surface area contributed by atoms with Crippen LogP contribution in [0.15, 0.2) is 18.2 Å². The van der Waals surface area contributed by atoms with Gasteiger partial charge in [-0.15, -0.1) is 0 Å². The third-order valence-corrected chi connectivity index (χ3v) is 5.39.